The zero-order chi connectivity index (χ0) is 20.4. The van der Waals surface area contributed by atoms with E-state index in [2.05, 4.69) is 35.2 Å². The first-order chi connectivity index (χ1) is 14.0. The van der Waals surface area contributed by atoms with E-state index >= 15 is 0 Å². The van der Waals surface area contributed by atoms with Crippen LogP contribution in [0.4, 0.5) is 0 Å². The Morgan fingerprint density at radius 3 is 2.52 bits per heavy atom. The topological polar surface area (TPSA) is 54.0 Å². The zero-order valence-corrected chi connectivity index (χ0v) is 17.4. The summed E-state index contributed by atoms with van der Waals surface area (Å²) in [5.74, 6) is 1.53. The molecule has 6 nitrogen and oxygen atoms in total. The van der Waals surface area contributed by atoms with Crippen molar-refractivity contribution in [3.8, 4) is 11.5 Å². The highest BCUT2D eigenvalue weighted by Gasteiger charge is 2.26. The van der Waals surface area contributed by atoms with Gasteiger partial charge in [0.2, 0.25) is 6.79 Å². The molecule has 0 radical (unpaired) electrons. The molecule has 2 aromatic carbocycles. The fourth-order valence-corrected chi connectivity index (χ4v) is 3.89. The highest BCUT2D eigenvalue weighted by atomic mass is 16.7. The van der Waals surface area contributed by atoms with Gasteiger partial charge in [0.05, 0.1) is 6.04 Å². The van der Waals surface area contributed by atoms with Gasteiger partial charge in [-0.2, -0.15) is 0 Å². The van der Waals surface area contributed by atoms with Gasteiger partial charge in [-0.05, 0) is 61.9 Å². The average molecular weight is 396 g/mol. The largest absolute Gasteiger partial charge is 0.454 e. The maximum absolute atomic E-state index is 12.8. The molecule has 0 saturated carbocycles. The van der Waals surface area contributed by atoms with Crippen molar-refractivity contribution < 1.29 is 14.3 Å². The van der Waals surface area contributed by atoms with Crippen LogP contribution in [0.25, 0.3) is 0 Å². The average Bonchev–Trinajstić information content (AvgIpc) is 3.19. The number of carbonyl (C=O) groups is 1. The second-order valence-electron chi connectivity index (χ2n) is 7.98. The molecule has 6 heteroatoms. The molecule has 2 aromatic rings. The Morgan fingerprint density at radius 1 is 1.00 bits per heavy atom. The summed E-state index contributed by atoms with van der Waals surface area (Å²) in [6.07, 6.45) is 0. The molecule has 1 atom stereocenters. The Morgan fingerprint density at radius 2 is 1.76 bits per heavy atom. The predicted molar refractivity (Wildman–Crippen MR) is 113 cm³/mol. The fourth-order valence-electron chi connectivity index (χ4n) is 3.89. The number of nitrogens with zero attached hydrogens (tertiary/aromatic N) is 2. The van der Waals surface area contributed by atoms with Gasteiger partial charge in [-0.3, -0.25) is 9.69 Å². The number of fused-ring (bicyclic) bond motifs is 1. The number of hydrogen-bond donors (Lipinski definition) is 1. The van der Waals surface area contributed by atoms with Crippen LogP contribution in [0.2, 0.25) is 0 Å². The molecule has 2 aliphatic heterocycles. The van der Waals surface area contributed by atoms with Crippen molar-refractivity contribution in [2.75, 3.05) is 46.6 Å². The van der Waals surface area contributed by atoms with Gasteiger partial charge in [0.1, 0.15) is 0 Å². The monoisotopic (exact) mass is 395 g/mol. The van der Waals surface area contributed by atoms with Gasteiger partial charge >= 0.3 is 0 Å². The summed E-state index contributed by atoms with van der Waals surface area (Å²) >= 11 is 0. The van der Waals surface area contributed by atoms with Crippen molar-refractivity contribution in [1.82, 2.24) is 15.1 Å². The van der Waals surface area contributed by atoms with Crippen molar-refractivity contribution in [3.05, 3.63) is 58.7 Å². The second kappa shape index (κ2) is 8.43. The molecule has 154 valence electrons. The van der Waals surface area contributed by atoms with E-state index in [1.54, 1.807) is 0 Å². The molecular formula is C23H29N3O3. The zero-order valence-electron chi connectivity index (χ0n) is 17.4. The van der Waals surface area contributed by atoms with Gasteiger partial charge in [0.15, 0.2) is 11.5 Å². The van der Waals surface area contributed by atoms with Crippen LogP contribution < -0.4 is 14.8 Å². The minimum absolute atomic E-state index is 0.0343. The van der Waals surface area contributed by atoms with Crippen molar-refractivity contribution in [3.63, 3.8) is 0 Å². The second-order valence-corrected chi connectivity index (χ2v) is 7.98. The van der Waals surface area contributed by atoms with E-state index < -0.39 is 0 Å². The van der Waals surface area contributed by atoms with Gasteiger partial charge in [0.25, 0.3) is 5.91 Å². The lowest BCUT2D eigenvalue weighted by atomic mass is 10.0. The quantitative estimate of drug-likeness (QED) is 0.844. The van der Waals surface area contributed by atoms with Gasteiger partial charge < -0.3 is 19.7 Å². The molecule has 0 aromatic heterocycles. The van der Waals surface area contributed by atoms with E-state index in [1.165, 1.54) is 5.56 Å². The first kappa shape index (κ1) is 19.7. The number of benzene rings is 2. The van der Waals surface area contributed by atoms with Gasteiger partial charge in [-0.1, -0.05) is 12.1 Å². The molecule has 2 heterocycles. The Kier molecular flexibility index (Phi) is 5.74. The molecule has 1 saturated heterocycles. The predicted octanol–water partition coefficient (Wildman–Crippen LogP) is 2.75. The summed E-state index contributed by atoms with van der Waals surface area (Å²) in [7, 11) is 2.15. The molecule has 0 bridgehead atoms. The lowest BCUT2D eigenvalue weighted by molar-refractivity contribution is 0.0886. The number of nitrogens with one attached hydrogen (secondary N) is 1. The summed E-state index contributed by atoms with van der Waals surface area (Å²) in [4.78, 5) is 17.6. The first-order valence-electron chi connectivity index (χ1n) is 10.2. The molecule has 0 unspecified atom stereocenters. The number of ether oxygens (including phenoxy) is 2. The Hall–Kier alpha value is -2.57. The number of hydrogen-bond acceptors (Lipinski definition) is 5. The van der Waals surface area contributed by atoms with Crippen LogP contribution in [0.3, 0.4) is 0 Å². The number of likely N-dealkylation sites (N-methyl/N-ethyl adjacent to an activating group) is 1. The number of rotatable bonds is 5. The minimum atomic E-state index is -0.0343. The molecule has 2 aliphatic rings. The summed E-state index contributed by atoms with van der Waals surface area (Å²) in [5, 5.41) is 3.15. The number of aryl methyl sites for hydroxylation is 2. The summed E-state index contributed by atoms with van der Waals surface area (Å²) in [6, 6.07) is 12.0. The van der Waals surface area contributed by atoms with Crippen LogP contribution in [0.5, 0.6) is 11.5 Å². The molecule has 29 heavy (non-hydrogen) atoms. The number of carbonyl (C=O) groups excluding carboxylic acids is 1. The SMILES string of the molecule is Cc1ccc(C(=O)NC[C@H](c2ccc3c(c2)OCO3)N2CCN(C)CC2)cc1C. The molecule has 0 spiro atoms. The molecule has 1 N–H and O–H groups in total. The number of amides is 1. The maximum Gasteiger partial charge on any atom is 0.251 e. The van der Waals surface area contributed by atoms with Crippen LogP contribution >= 0.6 is 0 Å². The van der Waals surface area contributed by atoms with Crippen LogP contribution in [0.1, 0.15) is 33.1 Å². The minimum Gasteiger partial charge on any atom is -0.454 e. The maximum atomic E-state index is 12.8. The Bertz CT molecular complexity index is 891. The summed E-state index contributed by atoms with van der Waals surface area (Å²) in [5.41, 5.74) is 4.16. The van der Waals surface area contributed by atoms with E-state index in [4.69, 9.17) is 9.47 Å². The third kappa shape index (κ3) is 4.38. The van der Waals surface area contributed by atoms with E-state index in [0.717, 1.165) is 48.8 Å². The van der Waals surface area contributed by atoms with Crippen LogP contribution in [0.15, 0.2) is 36.4 Å². The third-order valence-electron chi connectivity index (χ3n) is 5.99. The van der Waals surface area contributed by atoms with Crippen LogP contribution in [-0.2, 0) is 0 Å². The van der Waals surface area contributed by atoms with E-state index in [-0.39, 0.29) is 18.7 Å². The summed E-state index contributed by atoms with van der Waals surface area (Å²) in [6.45, 7) is 8.88. The third-order valence-corrected chi connectivity index (χ3v) is 5.99. The molecule has 1 amide bonds. The first-order valence-corrected chi connectivity index (χ1v) is 10.2. The Labute approximate surface area is 172 Å². The van der Waals surface area contributed by atoms with Crippen molar-refractivity contribution in [2.24, 2.45) is 0 Å². The van der Waals surface area contributed by atoms with Gasteiger partial charge in [-0.15, -0.1) is 0 Å². The lowest BCUT2D eigenvalue weighted by Crippen LogP contribution is -2.48. The summed E-state index contributed by atoms with van der Waals surface area (Å²) < 4.78 is 11.0. The lowest BCUT2D eigenvalue weighted by Gasteiger charge is -2.38. The highest BCUT2D eigenvalue weighted by Crippen LogP contribution is 2.35. The van der Waals surface area contributed by atoms with Crippen molar-refractivity contribution >= 4 is 5.91 Å². The van der Waals surface area contributed by atoms with Gasteiger partial charge in [-0.25, -0.2) is 0 Å². The molecule has 1 fully saturated rings. The van der Waals surface area contributed by atoms with E-state index in [1.807, 2.05) is 37.3 Å². The normalized spacial score (nSPS) is 17.9. The molecule has 0 aliphatic carbocycles. The molecular weight excluding hydrogens is 366 g/mol. The smallest absolute Gasteiger partial charge is 0.251 e. The van der Waals surface area contributed by atoms with Crippen LogP contribution in [-0.4, -0.2) is 62.3 Å². The van der Waals surface area contributed by atoms with E-state index in [9.17, 15) is 4.79 Å². The standard InChI is InChI=1S/C23H29N3O3/c1-16-4-5-19(12-17(16)2)23(27)24-14-20(26-10-8-25(3)9-11-26)18-6-7-21-22(13-18)29-15-28-21/h4-7,12-13,20H,8-11,14-15H2,1-3H3,(H,24,27)/t20-/m1/s1. The van der Waals surface area contributed by atoms with Crippen molar-refractivity contribution in [1.29, 1.82) is 0 Å². The Balaban J connectivity index is 1.52. The molecule has 4 rings (SSSR count). The van der Waals surface area contributed by atoms with Crippen molar-refractivity contribution in [2.45, 2.75) is 19.9 Å². The van der Waals surface area contributed by atoms with Gasteiger partial charge in [0, 0.05) is 38.3 Å². The number of piperazine rings is 1. The fraction of sp³-hybridized carbons (Fsp3) is 0.435. The van der Waals surface area contributed by atoms with E-state index in [0.29, 0.717) is 12.1 Å². The highest BCUT2D eigenvalue weighted by molar-refractivity contribution is 5.94. The van der Waals surface area contributed by atoms with Crippen LogP contribution in [0, 0.1) is 13.8 Å².